The van der Waals surface area contributed by atoms with Gasteiger partial charge >= 0.3 is 0 Å². The number of nitrogens with zero attached hydrogens (tertiary/aromatic N) is 2. The molecule has 0 atom stereocenters. The van der Waals surface area contributed by atoms with Crippen LogP contribution in [0, 0.1) is 0 Å². The first kappa shape index (κ1) is 9.15. The van der Waals surface area contributed by atoms with E-state index in [4.69, 9.17) is 0 Å². The molecule has 0 aliphatic heterocycles. The van der Waals surface area contributed by atoms with Crippen LogP contribution in [-0.2, 0) is 13.0 Å². The summed E-state index contributed by atoms with van der Waals surface area (Å²) in [4.78, 5) is 14.8. The molecule has 2 rings (SSSR count). The van der Waals surface area contributed by atoms with E-state index in [-0.39, 0.29) is 0 Å². The van der Waals surface area contributed by atoms with Crippen molar-refractivity contribution in [3.63, 3.8) is 0 Å². The number of hydrogen-bond acceptors (Lipinski definition) is 3. The van der Waals surface area contributed by atoms with Gasteiger partial charge in [0.2, 0.25) is 0 Å². The summed E-state index contributed by atoms with van der Waals surface area (Å²) in [6.07, 6.45) is 3.66. The van der Waals surface area contributed by atoms with Crippen LogP contribution in [0.5, 0.6) is 0 Å². The standard InChI is InChI=1S/C10H10N2OS/c13-6-10-2-1-4-12(10)5-3-9-7-14-8-11-9/h1-2,4,6-8H,3,5H2. The first-order chi connectivity index (χ1) is 6.90. The van der Waals surface area contributed by atoms with Gasteiger partial charge in [-0.1, -0.05) is 0 Å². The van der Waals surface area contributed by atoms with Gasteiger partial charge in [0.25, 0.3) is 0 Å². The molecular weight excluding hydrogens is 196 g/mol. The van der Waals surface area contributed by atoms with Gasteiger partial charge in [-0.05, 0) is 12.1 Å². The van der Waals surface area contributed by atoms with Crippen molar-refractivity contribution in [2.75, 3.05) is 0 Å². The Morgan fingerprint density at radius 2 is 2.50 bits per heavy atom. The lowest BCUT2D eigenvalue weighted by Crippen LogP contribution is -2.03. The molecule has 0 aliphatic carbocycles. The van der Waals surface area contributed by atoms with Gasteiger partial charge in [-0.25, -0.2) is 4.98 Å². The molecule has 0 aliphatic rings. The summed E-state index contributed by atoms with van der Waals surface area (Å²) in [6, 6.07) is 3.69. The molecule has 14 heavy (non-hydrogen) atoms. The fourth-order valence-electron chi connectivity index (χ4n) is 1.33. The Balaban J connectivity index is 2.01. The second-order valence-electron chi connectivity index (χ2n) is 2.97. The number of carbonyl (C=O) groups is 1. The summed E-state index contributed by atoms with van der Waals surface area (Å²) >= 11 is 1.60. The van der Waals surface area contributed by atoms with Crippen LogP contribution in [0.25, 0.3) is 0 Å². The van der Waals surface area contributed by atoms with Gasteiger partial charge in [-0.2, -0.15) is 0 Å². The highest BCUT2D eigenvalue weighted by Gasteiger charge is 2.00. The zero-order valence-electron chi connectivity index (χ0n) is 7.59. The summed E-state index contributed by atoms with van der Waals surface area (Å²) in [5, 5.41) is 2.03. The zero-order chi connectivity index (χ0) is 9.80. The van der Waals surface area contributed by atoms with Gasteiger partial charge in [-0.15, -0.1) is 11.3 Å². The lowest BCUT2D eigenvalue weighted by molar-refractivity contribution is 0.111. The molecule has 4 heteroatoms. The molecule has 3 nitrogen and oxygen atoms in total. The normalized spacial score (nSPS) is 10.3. The van der Waals surface area contributed by atoms with E-state index in [9.17, 15) is 4.79 Å². The summed E-state index contributed by atoms with van der Waals surface area (Å²) in [5.41, 5.74) is 3.63. The molecule has 2 aromatic heterocycles. The van der Waals surface area contributed by atoms with Gasteiger partial charge in [-0.3, -0.25) is 4.79 Å². The maximum absolute atomic E-state index is 10.6. The van der Waals surface area contributed by atoms with E-state index in [1.54, 1.807) is 11.3 Å². The Hall–Kier alpha value is -1.42. The number of aldehydes is 1. The fraction of sp³-hybridized carbons (Fsp3) is 0.200. The second-order valence-corrected chi connectivity index (χ2v) is 3.69. The molecule has 0 N–H and O–H groups in total. The first-order valence-electron chi connectivity index (χ1n) is 4.37. The van der Waals surface area contributed by atoms with E-state index in [2.05, 4.69) is 4.98 Å². The van der Waals surface area contributed by atoms with Crippen LogP contribution in [0.2, 0.25) is 0 Å². The highest BCUT2D eigenvalue weighted by atomic mass is 32.1. The third-order valence-electron chi connectivity index (χ3n) is 2.08. The van der Waals surface area contributed by atoms with Gasteiger partial charge < -0.3 is 4.57 Å². The van der Waals surface area contributed by atoms with Crippen molar-refractivity contribution < 1.29 is 4.79 Å². The molecule has 0 radical (unpaired) electrons. The molecule has 2 aromatic rings. The van der Waals surface area contributed by atoms with Crippen molar-refractivity contribution in [3.8, 4) is 0 Å². The van der Waals surface area contributed by atoms with E-state index in [1.807, 2.05) is 33.8 Å². The van der Waals surface area contributed by atoms with Crippen LogP contribution < -0.4 is 0 Å². The molecule has 0 saturated carbocycles. The van der Waals surface area contributed by atoms with Crippen LogP contribution in [0.4, 0.5) is 0 Å². The molecular formula is C10H10N2OS. The molecule has 0 fully saturated rings. The van der Waals surface area contributed by atoms with Gasteiger partial charge in [0.15, 0.2) is 6.29 Å². The Labute approximate surface area is 86.0 Å². The first-order valence-corrected chi connectivity index (χ1v) is 5.32. The van der Waals surface area contributed by atoms with Crippen LogP contribution in [0.15, 0.2) is 29.2 Å². The van der Waals surface area contributed by atoms with E-state index in [0.717, 1.165) is 30.6 Å². The Bertz CT molecular complexity index is 405. The second kappa shape index (κ2) is 4.19. The minimum absolute atomic E-state index is 0.722. The Kier molecular flexibility index (Phi) is 2.74. The third-order valence-corrected chi connectivity index (χ3v) is 2.71. The predicted molar refractivity (Wildman–Crippen MR) is 55.6 cm³/mol. The fourth-order valence-corrected chi connectivity index (χ4v) is 1.93. The lowest BCUT2D eigenvalue weighted by atomic mass is 10.3. The van der Waals surface area contributed by atoms with Gasteiger partial charge in [0.1, 0.15) is 0 Å². The van der Waals surface area contributed by atoms with Crippen LogP contribution in [0.3, 0.4) is 0 Å². The number of carbonyl (C=O) groups excluding carboxylic acids is 1. The number of thiazole rings is 1. The van der Waals surface area contributed by atoms with Crippen molar-refractivity contribution in [2.45, 2.75) is 13.0 Å². The van der Waals surface area contributed by atoms with Crippen molar-refractivity contribution in [1.82, 2.24) is 9.55 Å². The Morgan fingerprint density at radius 1 is 1.57 bits per heavy atom. The molecule has 0 aromatic carbocycles. The maximum atomic E-state index is 10.6. The molecule has 2 heterocycles. The van der Waals surface area contributed by atoms with Crippen LogP contribution >= 0.6 is 11.3 Å². The van der Waals surface area contributed by atoms with Crippen molar-refractivity contribution in [2.24, 2.45) is 0 Å². The minimum atomic E-state index is 0.722. The number of rotatable bonds is 4. The SMILES string of the molecule is O=Cc1cccn1CCc1cscn1. The number of hydrogen-bond donors (Lipinski definition) is 0. The highest BCUT2D eigenvalue weighted by Crippen LogP contribution is 2.05. The van der Waals surface area contributed by atoms with Crippen LogP contribution in [-0.4, -0.2) is 15.8 Å². The zero-order valence-corrected chi connectivity index (χ0v) is 8.41. The average molecular weight is 206 g/mol. The number of aryl methyl sites for hydroxylation is 2. The van der Waals surface area contributed by atoms with Gasteiger partial charge in [0, 0.05) is 24.5 Å². The number of aromatic nitrogens is 2. The summed E-state index contributed by atoms with van der Waals surface area (Å²) in [7, 11) is 0. The van der Waals surface area contributed by atoms with Crippen molar-refractivity contribution in [1.29, 1.82) is 0 Å². The van der Waals surface area contributed by atoms with Gasteiger partial charge in [0.05, 0.1) is 16.9 Å². The lowest BCUT2D eigenvalue weighted by Gasteiger charge is -2.02. The summed E-state index contributed by atoms with van der Waals surface area (Å²) < 4.78 is 1.94. The molecule has 72 valence electrons. The molecule has 0 saturated heterocycles. The molecule has 0 amide bonds. The smallest absolute Gasteiger partial charge is 0.166 e. The quantitative estimate of drug-likeness (QED) is 0.717. The average Bonchev–Trinajstić information content (AvgIpc) is 2.85. The molecule has 0 spiro atoms. The Morgan fingerprint density at radius 3 is 3.21 bits per heavy atom. The van der Waals surface area contributed by atoms with Crippen molar-refractivity contribution >= 4 is 17.6 Å². The van der Waals surface area contributed by atoms with E-state index >= 15 is 0 Å². The third kappa shape index (κ3) is 1.90. The molecule has 0 bridgehead atoms. The summed E-state index contributed by atoms with van der Waals surface area (Å²) in [5.74, 6) is 0. The minimum Gasteiger partial charge on any atom is -0.345 e. The topological polar surface area (TPSA) is 34.9 Å². The highest BCUT2D eigenvalue weighted by molar-refractivity contribution is 7.07. The summed E-state index contributed by atoms with van der Waals surface area (Å²) in [6.45, 7) is 0.810. The van der Waals surface area contributed by atoms with E-state index in [0.29, 0.717) is 0 Å². The van der Waals surface area contributed by atoms with Crippen LogP contribution in [0.1, 0.15) is 16.2 Å². The molecule has 0 unspecified atom stereocenters. The maximum Gasteiger partial charge on any atom is 0.166 e. The van der Waals surface area contributed by atoms with Crippen molar-refractivity contribution in [3.05, 3.63) is 40.6 Å². The predicted octanol–water partition coefficient (Wildman–Crippen LogP) is 2.00. The largest absolute Gasteiger partial charge is 0.345 e. The van der Waals surface area contributed by atoms with E-state index in [1.165, 1.54) is 0 Å². The van der Waals surface area contributed by atoms with E-state index < -0.39 is 0 Å². The monoisotopic (exact) mass is 206 g/mol.